The first-order valence-corrected chi connectivity index (χ1v) is 14.3. The van der Waals surface area contributed by atoms with Crippen molar-refractivity contribution in [3.8, 4) is 43.4 Å². The second-order valence-corrected chi connectivity index (χ2v) is 11.0. The Hall–Kier alpha value is -4.99. The van der Waals surface area contributed by atoms with Gasteiger partial charge >= 0.3 is 0 Å². The van der Waals surface area contributed by atoms with Crippen molar-refractivity contribution >= 4 is 39.2 Å². The number of thiazole rings is 1. The van der Waals surface area contributed by atoms with Crippen LogP contribution in [-0.2, 0) is 0 Å². The molecule has 3 heteroatoms. The summed E-state index contributed by atoms with van der Waals surface area (Å²) in [6.45, 7) is 0. The summed E-state index contributed by atoms with van der Waals surface area (Å²) in [4.78, 5) is 8.79. The second-order valence-electron chi connectivity index (χ2n) is 10.0. The lowest BCUT2D eigenvalue weighted by molar-refractivity contribution is 1.28. The van der Waals surface area contributed by atoms with Crippen LogP contribution in [0.1, 0.15) is 0 Å². The monoisotopic (exact) mass is 528 g/mol. The molecule has 8 rings (SSSR count). The summed E-state index contributed by atoms with van der Waals surface area (Å²) < 4.78 is 0. The maximum Gasteiger partial charge on any atom is 0.124 e. The van der Waals surface area contributed by atoms with E-state index in [0.29, 0.717) is 0 Å². The molecule has 0 radical (unpaired) electrons. The SMILES string of the molecule is c1ccc(-c2cccc(N(c3ccccc3)c3cccc(-c4nc5c(s4)-c4cccc6cccc-5c46)c3)c2)cc1. The third-order valence-corrected chi connectivity index (χ3v) is 8.75. The molecule has 2 nitrogen and oxygen atoms in total. The normalized spacial score (nSPS) is 11.5. The maximum absolute atomic E-state index is 5.20. The number of rotatable bonds is 5. The van der Waals surface area contributed by atoms with Crippen LogP contribution in [0.4, 0.5) is 17.1 Å². The van der Waals surface area contributed by atoms with Gasteiger partial charge in [-0.2, -0.15) is 0 Å². The molecule has 7 aromatic rings. The van der Waals surface area contributed by atoms with Crippen LogP contribution in [0.2, 0.25) is 0 Å². The molecule has 0 fully saturated rings. The topological polar surface area (TPSA) is 16.1 Å². The van der Waals surface area contributed by atoms with E-state index < -0.39 is 0 Å². The zero-order valence-corrected chi connectivity index (χ0v) is 22.5. The molecule has 0 spiro atoms. The number of benzene rings is 6. The molecule has 0 N–H and O–H groups in total. The van der Waals surface area contributed by atoms with E-state index in [-0.39, 0.29) is 0 Å². The van der Waals surface area contributed by atoms with E-state index in [4.69, 9.17) is 4.98 Å². The van der Waals surface area contributed by atoms with Gasteiger partial charge < -0.3 is 4.90 Å². The van der Waals surface area contributed by atoms with Crippen LogP contribution < -0.4 is 4.90 Å². The minimum atomic E-state index is 1.05. The van der Waals surface area contributed by atoms with Crippen LogP contribution in [0.15, 0.2) is 146 Å². The minimum absolute atomic E-state index is 1.05. The molecule has 1 aliphatic carbocycles. The highest BCUT2D eigenvalue weighted by Gasteiger charge is 2.26. The first-order chi connectivity index (χ1) is 19.8. The predicted molar refractivity (Wildman–Crippen MR) is 170 cm³/mol. The fraction of sp³-hybridized carbons (Fsp3) is 0. The Bertz CT molecular complexity index is 1950. The van der Waals surface area contributed by atoms with Gasteiger partial charge in [-0.3, -0.25) is 0 Å². The standard InChI is InChI=1S/C37H24N2S/c1-3-11-25(12-4-1)27-15-7-19-30(23-27)39(29-17-5-2-6-18-29)31-20-8-16-28(24-31)37-38-35-32-21-9-13-26-14-10-22-33(34(26)32)36(35)40-37/h1-24H. The lowest BCUT2D eigenvalue weighted by Crippen LogP contribution is -2.10. The van der Waals surface area contributed by atoms with E-state index in [0.717, 1.165) is 33.3 Å². The largest absolute Gasteiger partial charge is 0.310 e. The summed E-state index contributed by atoms with van der Waals surface area (Å²) in [6, 6.07) is 51.8. The molecule has 40 heavy (non-hydrogen) atoms. The van der Waals surface area contributed by atoms with Crippen molar-refractivity contribution in [1.29, 1.82) is 0 Å². The molecular formula is C37H24N2S. The maximum atomic E-state index is 5.20. The summed E-state index contributed by atoms with van der Waals surface area (Å²) >= 11 is 1.79. The van der Waals surface area contributed by atoms with Gasteiger partial charge in [0.2, 0.25) is 0 Å². The smallest absolute Gasteiger partial charge is 0.124 e. The molecule has 0 amide bonds. The van der Waals surface area contributed by atoms with E-state index >= 15 is 0 Å². The average molecular weight is 529 g/mol. The summed E-state index contributed by atoms with van der Waals surface area (Å²) in [5.74, 6) is 0. The van der Waals surface area contributed by atoms with E-state index in [1.54, 1.807) is 11.3 Å². The number of para-hydroxylation sites is 1. The average Bonchev–Trinajstić information content (AvgIpc) is 3.59. The molecule has 0 unspecified atom stereocenters. The summed E-state index contributed by atoms with van der Waals surface area (Å²) in [5, 5.41) is 3.65. The Morgan fingerprint density at radius 3 is 1.80 bits per heavy atom. The second kappa shape index (κ2) is 9.33. The summed E-state index contributed by atoms with van der Waals surface area (Å²) in [6.07, 6.45) is 0. The molecular weight excluding hydrogens is 504 g/mol. The highest BCUT2D eigenvalue weighted by Crippen LogP contribution is 2.51. The third-order valence-electron chi connectivity index (χ3n) is 7.61. The van der Waals surface area contributed by atoms with Crippen molar-refractivity contribution in [3.63, 3.8) is 0 Å². The Morgan fingerprint density at radius 2 is 1.05 bits per heavy atom. The van der Waals surface area contributed by atoms with Crippen LogP contribution in [0.5, 0.6) is 0 Å². The van der Waals surface area contributed by atoms with Crippen LogP contribution in [0.25, 0.3) is 54.2 Å². The Kier molecular flexibility index (Phi) is 5.35. The van der Waals surface area contributed by atoms with E-state index in [9.17, 15) is 0 Å². The van der Waals surface area contributed by atoms with Gasteiger partial charge in [-0.05, 0) is 58.3 Å². The highest BCUT2D eigenvalue weighted by molar-refractivity contribution is 7.19. The van der Waals surface area contributed by atoms with Crippen molar-refractivity contribution in [3.05, 3.63) is 146 Å². The number of fused-ring (bicyclic) bond motifs is 3. The first-order valence-electron chi connectivity index (χ1n) is 13.5. The van der Waals surface area contributed by atoms with Gasteiger partial charge in [-0.1, -0.05) is 109 Å². The van der Waals surface area contributed by atoms with Crippen LogP contribution >= 0.6 is 11.3 Å². The van der Waals surface area contributed by atoms with Gasteiger partial charge in [-0.15, -0.1) is 11.3 Å². The van der Waals surface area contributed by atoms with E-state index in [1.165, 1.54) is 37.9 Å². The molecule has 6 aromatic carbocycles. The van der Waals surface area contributed by atoms with Crippen LogP contribution in [0, 0.1) is 0 Å². The zero-order chi connectivity index (χ0) is 26.5. The van der Waals surface area contributed by atoms with Gasteiger partial charge in [0, 0.05) is 33.8 Å². The van der Waals surface area contributed by atoms with E-state index in [2.05, 4.69) is 150 Å². The van der Waals surface area contributed by atoms with Crippen molar-refractivity contribution < 1.29 is 0 Å². The van der Waals surface area contributed by atoms with Crippen LogP contribution in [-0.4, -0.2) is 4.98 Å². The molecule has 0 aliphatic heterocycles. The minimum Gasteiger partial charge on any atom is -0.310 e. The summed E-state index contributed by atoms with van der Waals surface area (Å²) in [7, 11) is 0. The lowest BCUT2D eigenvalue weighted by atomic mass is 10.0. The Morgan fingerprint density at radius 1 is 0.475 bits per heavy atom. The molecule has 0 atom stereocenters. The van der Waals surface area contributed by atoms with Gasteiger partial charge in [0.15, 0.2) is 0 Å². The highest BCUT2D eigenvalue weighted by atomic mass is 32.1. The van der Waals surface area contributed by atoms with Gasteiger partial charge in [0.25, 0.3) is 0 Å². The van der Waals surface area contributed by atoms with Crippen molar-refractivity contribution in [2.45, 2.75) is 0 Å². The molecule has 188 valence electrons. The van der Waals surface area contributed by atoms with Crippen molar-refractivity contribution in [2.75, 3.05) is 4.90 Å². The molecule has 1 aliphatic rings. The molecule has 1 aromatic heterocycles. The Labute approximate surface area is 237 Å². The first kappa shape index (κ1) is 22.9. The van der Waals surface area contributed by atoms with Gasteiger partial charge in [0.05, 0.1) is 10.6 Å². The fourth-order valence-corrected chi connectivity index (χ4v) is 6.90. The van der Waals surface area contributed by atoms with Crippen LogP contribution in [0.3, 0.4) is 0 Å². The van der Waals surface area contributed by atoms with Gasteiger partial charge in [0.1, 0.15) is 5.01 Å². The number of hydrogen-bond donors (Lipinski definition) is 0. The molecule has 1 heterocycles. The number of aromatic nitrogens is 1. The predicted octanol–water partition coefficient (Wildman–Crippen LogP) is 10.7. The third kappa shape index (κ3) is 3.75. The summed E-state index contributed by atoms with van der Waals surface area (Å²) in [5.41, 5.74) is 10.5. The fourth-order valence-electron chi connectivity index (χ4n) is 5.79. The van der Waals surface area contributed by atoms with E-state index in [1.807, 2.05) is 0 Å². The number of hydrogen-bond acceptors (Lipinski definition) is 3. The molecule has 0 bridgehead atoms. The van der Waals surface area contributed by atoms with Gasteiger partial charge in [-0.25, -0.2) is 4.98 Å². The van der Waals surface area contributed by atoms with Crippen molar-refractivity contribution in [1.82, 2.24) is 4.98 Å². The number of anilines is 3. The molecule has 0 saturated heterocycles. The van der Waals surface area contributed by atoms with Crippen molar-refractivity contribution in [2.24, 2.45) is 0 Å². The lowest BCUT2D eigenvalue weighted by Gasteiger charge is -2.26. The quantitative estimate of drug-likeness (QED) is 0.221. The number of nitrogens with zero attached hydrogens (tertiary/aromatic N) is 2. The Balaban J connectivity index is 1.24. The zero-order valence-electron chi connectivity index (χ0n) is 21.7. The molecule has 0 saturated carbocycles.